The molecule has 4 bridgehead atoms. The fraction of sp³-hybridized carbons (Fsp3) is 0.524. The average molecular weight is 372 g/mol. The Hall–Kier alpha value is -1.75. The summed E-state index contributed by atoms with van der Waals surface area (Å²) in [6.07, 6.45) is 9.30. The second-order valence-electron chi connectivity index (χ2n) is 7.44. The summed E-state index contributed by atoms with van der Waals surface area (Å²) in [5.74, 6) is 2.48. The van der Waals surface area contributed by atoms with E-state index >= 15 is 0 Å². The molecule has 140 valence electrons. The molecule has 3 heterocycles. The van der Waals surface area contributed by atoms with E-state index in [9.17, 15) is 4.79 Å². The molecule has 2 N–H and O–H groups in total. The third kappa shape index (κ3) is 5.37. The zero-order valence-corrected chi connectivity index (χ0v) is 16.4. The fourth-order valence-corrected chi connectivity index (χ4v) is 4.38. The Morgan fingerprint density at radius 2 is 1.92 bits per heavy atom. The summed E-state index contributed by atoms with van der Waals surface area (Å²) in [4.78, 5) is 17.6. The lowest BCUT2D eigenvalue weighted by Gasteiger charge is -2.29. The molecular weight excluding hydrogens is 342 g/mol. The Morgan fingerprint density at radius 3 is 2.73 bits per heavy atom. The van der Waals surface area contributed by atoms with Gasteiger partial charge in [-0.05, 0) is 67.5 Å². The van der Waals surface area contributed by atoms with Crippen molar-refractivity contribution in [2.75, 3.05) is 18.4 Å². The molecule has 1 aromatic rings. The van der Waals surface area contributed by atoms with Crippen molar-refractivity contribution in [3.8, 4) is 0 Å². The second-order valence-corrected chi connectivity index (χ2v) is 8.40. The summed E-state index contributed by atoms with van der Waals surface area (Å²) in [5.41, 5.74) is 1.77. The number of rotatable bonds is 0. The van der Waals surface area contributed by atoms with Crippen LogP contribution in [-0.4, -0.2) is 24.0 Å². The number of anilines is 1. The summed E-state index contributed by atoms with van der Waals surface area (Å²) >= 11 is 1.49. The Bertz CT molecular complexity index is 678. The van der Waals surface area contributed by atoms with Crippen molar-refractivity contribution in [2.45, 2.75) is 45.4 Å². The van der Waals surface area contributed by atoms with Gasteiger partial charge in [0.2, 0.25) is 5.91 Å². The standard InChI is InChI=1S/C21H29N3OS/c1-15-14-26-16(2)19-9-11-22-20(12-19)24-13-18-7-5-17(6-8-18)4-3-10-23-21(15)25/h9,11-12,14,17-18H,2-8,10,13H2,1H3,(H,22,24)(H,23,25)/b15-14+. The van der Waals surface area contributed by atoms with Crippen molar-refractivity contribution in [1.29, 1.82) is 0 Å². The van der Waals surface area contributed by atoms with Gasteiger partial charge in [0.15, 0.2) is 0 Å². The lowest BCUT2D eigenvalue weighted by Crippen LogP contribution is -2.26. The van der Waals surface area contributed by atoms with Gasteiger partial charge in [0, 0.05) is 29.8 Å². The lowest BCUT2D eigenvalue weighted by atomic mass is 9.80. The number of amides is 1. The van der Waals surface area contributed by atoms with E-state index in [2.05, 4.69) is 22.2 Å². The average Bonchev–Trinajstić information content (AvgIpc) is 2.67. The second kappa shape index (κ2) is 9.26. The first kappa shape index (κ1) is 19.0. The topological polar surface area (TPSA) is 54.0 Å². The summed E-state index contributed by atoms with van der Waals surface area (Å²) in [6, 6.07) is 4.01. The van der Waals surface area contributed by atoms with Gasteiger partial charge in [0.25, 0.3) is 0 Å². The third-order valence-corrected chi connectivity index (χ3v) is 6.42. The van der Waals surface area contributed by atoms with Gasteiger partial charge < -0.3 is 10.6 Å². The van der Waals surface area contributed by atoms with Gasteiger partial charge in [-0.2, -0.15) is 0 Å². The van der Waals surface area contributed by atoms with E-state index in [0.29, 0.717) is 0 Å². The Labute approximate surface area is 160 Å². The number of aromatic nitrogens is 1. The van der Waals surface area contributed by atoms with Gasteiger partial charge in [0.05, 0.1) is 0 Å². The molecule has 0 aromatic carbocycles. The predicted molar refractivity (Wildman–Crippen MR) is 111 cm³/mol. The molecule has 4 rings (SSSR count). The SMILES string of the molecule is C=C1S/C=C(\C)C(=O)NCCCC2CCC(CC2)CNc2cc1ccn2. The molecule has 0 atom stereocenters. The first-order valence-corrected chi connectivity index (χ1v) is 10.5. The van der Waals surface area contributed by atoms with Crippen LogP contribution in [0.1, 0.15) is 51.0 Å². The monoisotopic (exact) mass is 371 g/mol. The maximum absolute atomic E-state index is 12.2. The molecule has 0 radical (unpaired) electrons. The molecule has 2 aliphatic heterocycles. The molecule has 1 saturated carbocycles. The van der Waals surface area contributed by atoms with Gasteiger partial charge in [-0.15, -0.1) is 0 Å². The highest BCUT2D eigenvalue weighted by Gasteiger charge is 2.21. The summed E-state index contributed by atoms with van der Waals surface area (Å²) in [6.45, 7) is 7.77. The molecule has 0 unspecified atom stereocenters. The molecular formula is C21H29N3OS. The minimum absolute atomic E-state index is 0.0206. The zero-order valence-electron chi connectivity index (χ0n) is 15.6. The molecule has 1 aliphatic carbocycles. The number of hydrogen-bond acceptors (Lipinski definition) is 4. The molecule has 1 fully saturated rings. The molecule has 4 nitrogen and oxygen atoms in total. The predicted octanol–water partition coefficient (Wildman–Crippen LogP) is 4.82. The van der Waals surface area contributed by atoms with E-state index in [0.717, 1.165) is 53.2 Å². The molecule has 0 spiro atoms. The Kier molecular flexibility index (Phi) is 6.78. The number of pyridine rings is 1. The van der Waals surface area contributed by atoms with Crippen LogP contribution in [0.15, 0.2) is 35.9 Å². The number of fused-ring (bicyclic) bond motifs is 10. The van der Waals surface area contributed by atoms with Crippen molar-refractivity contribution in [1.82, 2.24) is 10.3 Å². The molecule has 3 aliphatic rings. The maximum atomic E-state index is 12.2. The maximum Gasteiger partial charge on any atom is 0.247 e. The highest BCUT2D eigenvalue weighted by molar-refractivity contribution is 8.10. The van der Waals surface area contributed by atoms with Crippen LogP contribution < -0.4 is 10.6 Å². The van der Waals surface area contributed by atoms with Gasteiger partial charge in [-0.3, -0.25) is 4.79 Å². The van der Waals surface area contributed by atoms with Crippen LogP contribution in [0.4, 0.5) is 5.82 Å². The van der Waals surface area contributed by atoms with E-state index in [1.807, 2.05) is 30.7 Å². The molecule has 0 saturated heterocycles. The van der Waals surface area contributed by atoms with E-state index in [4.69, 9.17) is 0 Å². The van der Waals surface area contributed by atoms with Crippen LogP contribution in [0.5, 0.6) is 0 Å². The zero-order chi connectivity index (χ0) is 18.4. The van der Waals surface area contributed by atoms with Crippen LogP contribution in [0.2, 0.25) is 0 Å². The summed E-state index contributed by atoms with van der Waals surface area (Å²) < 4.78 is 0. The first-order chi connectivity index (χ1) is 12.6. The largest absolute Gasteiger partial charge is 0.370 e. The van der Waals surface area contributed by atoms with Gasteiger partial charge in [-0.25, -0.2) is 4.98 Å². The van der Waals surface area contributed by atoms with Crippen LogP contribution >= 0.6 is 11.8 Å². The number of hydrogen-bond donors (Lipinski definition) is 2. The van der Waals surface area contributed by atoms with E-state index in [1.54, 1.807) is 0 Å². The van der Waals surface area contributed by atoms with Gasteiger partial charge in [0.1, 0.15) is 5.82 Å². The minimum atomic E-state index is 0.0206. The molecule has 26 heavy (non-hydrogen) atoms. The first-order valence-electron chi connectivity index (χ1n) is 9.62. The normalized spacial score (nSPS) is 27.5. The molecule has 5 heteroatoms. The number of nitrogens with one attached hydrogen (secondary N) is 2. The number of carbonyl (C=O) groups excluding carboxylic acids is 1. The van der Waals surface area contributed by atoms with Crippen molar-refractivity contribution in [2.24, 2.45) is 11.8 Å². The molecule has 1 amide bonds. The van der Waals surface area contributed by atoms with Crippen molar-refractivity contribution >= 4 is 28.4 Å². The Morgan fingerprint density at radius 1 is 1.15 bits per heavy atom. The van der Waals surface area contributed by atoms with Crippen molar-refractivity contribution in [3.63, 3.8) is 0 Å². The number of carbonyl (C=O) groups is 1. The minimum Gasteiger partial charge on any atom is -0.370 e. The van der Waals surface area contributed by atoms with E-state index in [1.165, 1.54) is 43.9 Å². The highest BCUT2D eigenvalue weighted by atomic mass is 32.2. The third-order valence-electron chi connectivity index (χ3n) is 5.43. The molecule has 1 aromatic heterocycles. The van der Waals surface area contributed by atoms with Crippen molar-refractivity contribution < 1.29 is 4.79 Å². The van der Waals surface area contributed by atoms with Crippen LogP contribution in [-0.2, 0) is 4.79 Å². The Balaban J connectivity index is 1.73. The van der Waals surface area contributed by atoms with E-state index < -0.39 is 0 Å². The van der Waals surface area contributed by atoms with Crippen molar-refractivity contribution in [3.05, 3.63) is 41.5 Å². The van der Waals surface area contributed by atoms with Crippen LogP contribution in [0.25, 0.3) is 4.91 Å². The van der Waals surface area contributed by atoms with Gasteiger partial charge in [-0.1, -0.05) is 31.2 Å². The summed E-state index contributed by atoms with van der Waals surface area (Å²) in [7, 11) is 0. The van der Waals surface area contributed by atoms with Crippen LogP contribution in [0, 0.1) is 11.8 Å². The summed E-state index contributed by atoms with van der Waals surface area (Å²) in [5, 5.41) is 8.44. The van der Waals surface area contributed by atoms with Gasteiger partial charge >= 0.3 is 0 Å². The number of nitrogens with zero attached hydrogens (tertiary/aromatic N) is 1. The highest BCUT2D eigenvalue weighted by Crippen LogP contribution is 2.32. The smallest absolute Gasteiger partial charge is 0.247 e. The van der Waals surface area contributed by atoms with Crippen LogP contribution in [0.3, 0.4) is 0 Å². The lowest BCUT2D eigenvalue weighted by molar-refractivity contribution is -0.117. The quantitative estimate of drug-likeness (QED) is 0.687. The number of thioether (sulfide) groups is 1. The van der Waals surface area contributed by atoms with E-state index in [-0.39, 0.29) is 5.91 Å². The fourth-order valence-electron chi connectivity index (χ4n) is 3.69.